The van der Waals surface area contributed by atoms with Crippen molar-refractivity contribution in [3.8, 4) is 0 Å². The first-order valence-electron chi connectivity index (χ1n) is 10.2. The molecule has 0 radical (unpaired) electrons. The predicted octanol–water partition coefficient (Wildman–Crippen LogP) is 4.57. The third-order valence-electron chi connectivity index (χ3n) is 6.48. The molecule has 30 heavy (non-hydrogen) atoms. The summed E-state index contributed by atoms with van der Waals surface area (Å²) in [5.74, 6) is 0.580. The SMILES string of the molecule is O=[N+]([O-])c1ccc(N/N=C2\CCN3c4c2cccc4C2CCCCC23)c([N+](=O)[O-])c1. The zero-order valence-corrected chi connectivity index (χ0v) is 16.3. The second kappa shape index (κ2) is 7.08. The van der Waals surface area contributed by atoms with Gasteiger partial charge in [0, 0.05) is 42.2 Å². The number of hydrogen-bond acceptors (Lipinski definition) is 7. The highest BCUT2D eigenvalue weighted by molar-refractivity contribution is 6.08. The summed E-state index contributed by atoms with van der Waals surface area (Å²) in [5.41, 5.74) is 6.83. The molecule has 5 rings (SSSR count). The van der Waals surface area contributed by atoms with Crippen LogP contribution in [0.5, 0.6) is 0 Å². The number of hydrogen-bond donors (Lipinski definition) is 1. The van der Waals surface area contributed by atoms with Gasteiger partial charge in [0.2, 0.25) is 0 Å². The van der Waals surface area contributed by atoms with Crippen molar-refractivity contribution in [3.05, 3.63) is 67.8 Å². The summed E-state index contributed by atoms with van der Waals surface area (Å²) in [4.78, 5) is 23.6. The zero-order valence-electron chi connectivity index (χ0n) is 16.3. The van der Waals surface area contributed by atoms with Gasteiger partial charge in [0.15, 0.2) is 0 Å². The Bertz CT molecular complexity index is 1080. The van der Waals surface area contributed by atoms with Crippen molar-refractivity contribution in [2.75, 3.05) is 16.9 Å². The zero-order chi connectivity index (χ0) is 20.8. The van der Waals surface area contributed by atoms with E-state index in [-0.39, 0.29) is 17.1 Å². The molecule has 9 heteroatoms. The average Bonchev–Trinajstić information content (AvgIpc) is 3.08. The van der Waals surface area contributed by atoms with Gasteiger partial charge in [-0.2, -0.15) is 5.10 Å². The van der Waals surface area contributed by atoms with Crippen LogP contribution < -0.4 is 10.3 Å². The number of non-ortho nitro benzene ring substituents is 1. The molecule has 0 spiro atoms. The number of nitrogens with one attached hydrogen (secondary N) is 1. The molecular weight excluding hydrogens is 386 g/mol. The van der Waals surface area contributed by atoms with Crippen LogP contribution in [0.3, 0.4) is 0 Å². The lowest BCUT2D eigenvalue weighted by Crippen LogP contribution is -2.40. The second-order valence-corrected chi connectivity index (χ2v) is 8.03. The van der Waals surface area contributed by atoms with Gasteiger partial charge in [-0.15, -0.1) is 0 Å². The van der Waals surface area contributed by atoms with Gasteiger partial charge in [-0.1, -0.05) is 31.0 Å². The quantitative estimate of drug-likeness (QED) is 0.587. The number of fused-ring (bicyclic) bond motifs is 3. The van der Waals surface area contributed by atoms with Crippen molar-refractivity contribution >= 4 is 28.5 Å². The lowest BCUT2D eigenvalue weighted by Gasteiger charge is -2.36. The molecule has 2 aliphatic heterocycles. The molecule has 1 N–H and O–H groups in total. The lowest BCUT2D eigenvalue weighted by atomic mass is 9.82. The molecule has 1 saturated carbocycles. The van der Waals surface area contributed by atoms with Gasteiger partial charge in [-0.25, -0.2) is 0 Å². The Hall–Kier alpha value is -3.49. The van der Waals surface area contributed by atoms with Crippen LogP contribution in [0.2, 0.25) is 0 Å². The van der Waals surface area contributed by atoms with E-state index in [1.807, 2.05) is 0 Å². The molecule has 2 unspecified atom stereocenters. The Morgan fingerprint density at radius 3 is 2.70 bits per heavy atom. The number of para-hydroxylation sites is 1. The number of anilines is 2. The normalized spacial score (nSPS) is 23.1. The van der Waals surface area contributed by atoms with Crippen LogP contribution in [-0.2, 0) is 0 Å². The van der Waals surface area contributed by atoms with E-state index in [0.717, 1.165) is 30.3 Å². The minimum absolute atomic E-state index is 0.141. The maximum absolute atomic E-state index is 11.4. The highest BCUT2D eigenvalue weighted by Crippen LogP contribution is 2.50. The fourth-order valence-corrected chi connectivity index (χ4v) is 5.19. The molecular formula is C21H21N5O4. The highest BCUT2D eigenvalue weighted by Gasteiger charge is 2.42. The monoisotopic (exact) mass is 407 g/mol. The largest absolute Gasteiger partial charge is 0.367 e. The van der Waals surface area contributed by atoms with E-state index in [9.17, 15) is 20.2 Å². The van der Waals surface area contributed by atoms with E-state index in [2.05, 4.69) is 33.6 Å². The van der Waals surface area contributed by atoms with Gasteiger partial charge in [0.25, 0.3) is 5.69 Å². The fourth-order valence-electron chi connectivity index (χ4n) is 5.19. The summed E-state index contributed by atoms with van der Waals surface area (Å²) in [5, 5.41) is 26.8. The fraction of sp³-hybridized carbons (Fsp3) is 0.381. The maximum atomic E-state index is 11.4. The van der Waals surface area contributed by atoms with E-state index in [0.29, 0.717) is 12.0 Å². The first-order chi connectivity index (χ1) is 14.5. The van der Waals surface area contributed by atoms with Gasteiger partial charge in [-0.05, 0) is 24.5 Å². The molecule has 0 saturated heterocycles. The van der Waals surface area contributed by atoms with E-state index >= 15 is 0 Å². The summed E-state index contributed by atoms with van der Waals surface area (Å²) in [7, 11) is 0. The molecule has 2 heterocycles. The van der Waals surface area contributed by atoms with Crippen LogP contribution in [0.1, 0.15) is 49.1 Å². The van der Waals surface area contributed by atoms with Gasteiger partial charge >= 0.3 is 5.69 Å². The van der Waals surface area contributed by atoms with E-state index in [1.165, 1.54) is 49.1 Å². The predicted molar refractivity (Wildman–Crippen MR) is 113 cm³/mol. The molecule has 0 amide bonds. The Kier molecular flexibility index (Phi) is 4.38. The van der Waals surface area contributed by atoms with E-state index < -0.39 is 9.85 Å². The molecule has 9 nitrogen and oxygen atoms in total. The summed E-state index contributed by atoms with van der Waals surface area (Å²) in [6, 6.07) is 10.4. The molecule has 2 atom stereocenters. The van der Waals surface area contributed by atoms with Crippen LogP contribution in [-0.4, -0.2) is 28.1 Å². The Labute approximate surface area is 172 Å². The third kappa shape index (κ3) is 2.89. The van der Waals surface area contributed by atoms with Crippen LogP contribution in [0.25, 0.3) is 0 Å². The Balaban J connectivity index is 1.49. The van der Waals surface area contributed by atoms with Crippen LogP contribution in [0.15, 0.2) is 41.5 Å². The van der Waals surface area contributed by atoms with Crippen molar-refractivity contribution in [3.63, 3.8) is 0 Å². The van der Waals surface area contributed by atoms with E-state index in [4.69, 9.17) is 0 Å². The number of rotatable bonds is 4. The Morgan fingerprint density at radius 1 is 1.07 bits per heavy atom. The summed E-state index contributed by atoms with van der Waals surface area (Å²) in [6.45, 7) is 0.883. The molecule has 3 aliphatic rings. The van der Waals surface area contributed by atoms with Crippen LogP contribution >= 0.6 is 0 Å². The van der Waals surface area contributed by atoms with E-state index in [1.54, 1.807) is 0 Å². The number of hydrazone groups is 1. The van der Waals surface area contributed by atoms with Gasteiger partial charge in [0.05, 0.1) is 21.6 Å². The molecule has 1 fully saturated rings. The molecule has 154 valence electrons. The average molecular weight is 407 g/mol. The topological polar surface area (TPSA) is 114 Å². The van der Waals surface area contributed by atoms with Crippen LogP contribution in [0.4, 0.5) is 22.7 Å². The van der Waals surface area contributed by atoms with Crippen molar-refractivity contribution in [2.24, 2.45) is 5.10 Å². The molecule has 2 aromatic carbocycles. The number of nitrogens with zero attached hydrogens (tertiary/aromatic N) is 4. The number of benzene rings is 2. The van der Waals surface area contributed by atoms with Gasteiger partial charge in [-0.3, -0.25) is 25.7 Å². The van der Waals surface area contributed by atoms with Crippen LogP contribution in [0, 0.1) is 20.2 Å². The molecule has 0 aromatic heterocycles. The standard InChI is InChI=1S/C21H21N5O4/c27-25(28)13-8-9-18(20(12-13)26(29)30)23-22-17-10-11-24-19-7-2-1-4-14(19)15-5-3-6-16(17)21(15)24/h3,5-6,8-9,12,14,19,23H,1-2,4,7,10-11H2/b22-17+. The minimum Gasteiger partial charge on any atom is -0.367 e. The first kappa shape index (κ1) is 18.5. The van der Waals surface area contributed by atoms with Crippen molar-refractivity contribution in [1.29, 1.82) is 0 Å². The third-order valence-corrected chi connectivity index (χ3v) is 6.48. The molecule has 1 aliphatic carbocycles. The molecule has 0 bridgehead atoms. The lowest BCUT2D eigenvalue weighted by molar-refractivity contribution is -0.393. The van der Waals surface area contributed by atoms with Crippen molar-refractivity contribution < 1.29 is 9.85 Å². The van der Waals surface area contributed by atoms with Crippen molar-refractivity contribution in [2.45, 2.75) is 44.1 Å². The minimum atomic E-state index is -0.648. The molecule has 2 aromatic rings. The number of nitro groups is 2. The maximum Gasteiger partial charge on any atom is 0.301 e. The highest BCUT2D eigenvalue weighted by atomic mass is 16.6. The summed E-state index contributed by atoms with van der Waals surface area (Å²) in [6.07, 6.45) is 5.72. The Morgan fingerprint density at radius 2 is 1.90 bits per heavy atom. The smallest absolute Gasteiger partial charge is 0.301 e. The summed E-state index contributed by atoms with van der Waals surface area (Å²) < 4.78 is 0. The van der Waals surface area contributed by atoms with Gasteiger partial charge in [0.1, 0.15) is 5.69 Å². The second-order valence-electron chi connectivity index (χ2n) is 8.03. The van der Waals surface area contributed by atoms with Gasteiger partial charge < -0.3 is 4.90 Å². The number of nitro benzene ring substituents is 2. The van der Waals surface area contributed by atoms with Crippen molar-refractivity contribution in [1.82, 2.24) is 0 Å². The summed E-state index contributed by atoms with van der Waals surface area (Å²) >= 11 is 0. The first-order valence-corrected chi connectivity index (χ1v) is 10.2.